The zero-order valence-electron chi connectivity index (χ0n) is 12.3. The standard InChI is InChI=1S/C16H25NO2/c1-15(2)10-13(14(18)16(3,4)17-15)19-11-12-8-6-5-7-9-12/h5-9,13-14,17-18H,10-11H2,1-4H3. The smallest absolute Gasteiger partial charge is 0.0978 e. The van der Waals surface area contributed by atoms with Crippen LogP contribution in [-0.4, -0.2) is 28.4 Å². The molecule has 0 radical (unpaired) electrons. The molecule has 3 heteroatoms. The maximum absolute atomic E-state index is 10.4. The zero-order chi connectivity index (χ0) is 14.1. The minimum atomic E-state index is -0.496. The van der Waals surface area contributed by atoms with Crippen molar-refractivity contribution in [1.82, 2.24) is 5.32 Å². The van der Waals surface area contributed by atoms with Gasteiger partial charge in [-0.1, -0.05) is 30.3 Å². The summed E-state index contributed by atoms with van der Waals surface area (Å²) in [5.41, 5.74) is 0.788. The minimum Gasteiger partial charge on any atom is -0.389 e. The highest BCUT2D eigenvalue weighted by Gasteiger charge is 2.45. The number of hydrogen-bond donors (Lipinski definition) is 2. The molecule has 2 rings (SSSR count). The van der Waals surface area contributed by atoms with E-state index in [4.69, 9.17) is 4.74 Å². The Morgan fingerprint density at radius 2 is 1.84 bits per heavy atom. The lowest BCUT2D eigenvalue weighted by molar-refractivity contribution is -0.120. The average Bonchev–Trinajstić information content (AvgIpc) is 2.32. The van der Waals surface area contributed by atoms with E-state index < -0.39 is 6.10 Å². The summed E-state index contributed by atoms with van der Waals surface area (Å²) < 4.78 is 5.96. The maximum atomic E-state index is 10.4. The maximum Gasteiger partial charge on any atom is 0.0978 e. The summed E-state index contributed by atoms with van der Waals surface area (Å²) in [5.74, 6) is 0. The molecule has 0 aliphatic carbocycles. The Kier molecular flexibility index (Phi) is 4.00. The van der Waals surface area contributed by atoms with Gasteiger partial charge >= 0.3 is 0 Å². The molecule has 2 unspecified atom stereocenters. The molecule has 106 valence electrons. The summed E-state index contributed by atoms with van der Waals surface area (Å²) in [6, 6.07) is 10.1. The number of piperidine rings is 1. The van der Waals surface area contributed by atoms with Crippen LogP contribution in [0, 0.1) is 0 Å². The Labute approximate surface area is 116 Å². The molecule has 1 aliphatic rings. The molecule has 1 aromatic rings. The summed E-state index contributed by atoms with van der Waals surface area (Å²) in [7, 11) is 0. The van der Waals surface area contributed by atoms with Gasteiger partial charge in [-0.3, -0.25) is 0 Å². The zero-order valence-corrected chi connectivity index (χ0v) is 12.3. The number of hydrogen-bond acceptors (Lipinski definition) is 3. The van der Waals surface area contributed by atoms with Crippen LogP contribution >= 0.6 is 0 Å². The first-order chi connectivity index (χ1) is 8.80. The summed E-state index contributed by atoms with van der Waals surface area (Å²) >= 11 is 0. The highest BCUT2D eigenvalue weighted by Crippen LogP contribution is 2.31. The van der Waals surface area contributed by atoms with Gasteiger partial charge in [0.25, 0.3) is 0 Å². The van der Waals surface area contributed by atoms with Gasteiger partial charge in [-0.2, -0.15) is 0 Å². The van der Waals surface area contributed by atoms with E-state index in [0.29, 0.717) is 6.61 Å². The lowest BCUT2D eigenvalue weighted by atomic mass is 9.78. The lowest BCUT2D eigenvalue weighted by Crippen LogP contribution is -2.67. The normalized spacial score (nSPS) is 29.1. The van der Waals surface area contributed by atoms with Crippen molar-refractivity contribution in [3.8, 4) is 0 Å². The largest absolute Gasteiger partial charge is 0.389 e. The molecule has 2 N–H and O–H groups in total. The number of aliphatic hydroxyl groups is 1. The lowest BCUT2D eigenvalue weighted by Gasteiger charge is -2.49. The molecule has 1 heterocycles. The fourth-order valence-electron chi connectivity index (χ4n) is 3.00. The van der Waals surface area contributed by atoms with Crippen LogP contribution in [0.5, 0.6) is 0 Å². The van der Waals surface area contributed by atoms with Gasteiger partial charge in [0.15, 0.2) is 0 Å². The molecule has 1 saturated heterocycles. The number of ether oxygens (including phenoxy) is 1. The van der Waals surface area contributed by atoms with E-state index in [1.165, 1.54) is 0 Å². The Balaban J connectivity index is 2.02. The summed E-state index contributed by atoms with van der Waals surface area (Å²) in [6.45, 7) is 8.91. The Morgan fingerprint density at radius 1 is 1.21 bits per heavy atom. The summed E-state index contributed by atoms with van der Waals surface area (Å²) in [4.78, 5) is 0. The predicted octanol–water partition coefficient (Wildman–Crippen LogP) is 2.48. The molecule has 0 amide bonds. The number of benzene rings is 1. The van der Waals surface area contributed by atoms with Crippen molar-refractivity contribution in [2.45, 2.75) is 64.0 Å². The van der Waals surface area contributed by atoms with Crippen molar-refractivity contribution in [3.63, 3.8) is 0 Å². The number of nitrogens with one attached hydrogen (secondary N) is 1. The molecule has 1 fully saturated rings. The van der Waals surface area contributed by atoms with E-state index >= 15 is 0 Å². The van der Waals surface area contributed by atoms with Crippen LogP contribution in [0.1, 0.15) is 39.7 Å². The van der Waals surface area contributed by atoms with Gasteiger partial charge in [0.2, 0.25) is 0 Å². The summed E-state index contributed by atoms with van der Waals surface area (Å²) in [5, 5.41) is 13.9. The fourth-order valence-corrected chi connectivity index (χ4v) is 3.00. The second-order valence-electron chi connectivity index (χ2n) is 6.71. The predicted molar refractivity (Wildman–Crippen MR) is 76.9 cm³/mol. The molecule has 0 bridgehead atoms. The van der Waals surface area contributed by atoms with Crippen molar-refractivity contribution in [2.24, 2.45) is 0 Å². The van der Waals surface area contributed by atoms with Crippen molar-refractivity contribution in [3.05, 3.63) is 35.9 Å². The highest BCUT2D eigenvalue weighted by molar-refractivity contribution is 5.13. The minimum absolute atomic E-state index is 0.0237. The monoisotopic (exact) mass is 263 g/mol. The Morgan fingerprint density at radius 3 is 2.47 bits per heavy atom. The number of rotatable bonds is 3. The molecule has 0 aromatic heterocycles. The number of aliphatic hydroxyl groups excluding tert-OH is 1. The summed E-state index contributed by atoms with van der Waals surface area (Å²) in [6.07, 6.45) is 0.181. The SMILES string of the molecule is CC1(C)CC(OCc2ccccc2)C(O)C(C)(C)N1. The van der Waals surface area contributed by atoms with Crippen LogP contribution in [0.25, 0.3) is 0 Å². The van der Waals surface area contributed by atoms with Crippen molar-refractivity contribution in [1.29, 1.82) is 0 Å². The van der Waals surface area contributed by atoms with E-state index in [1.807, 2.05) is 44.2 Å². The Hall–Kier alpha value is -0.900. The quantitative estimate of drug-likeness (QED) is 0.880. The fraction of sp³-hybridized carbons (Fsp3) is 0.625. The van der Waals surface area contributed by atoms with Crippen molar-refractivity contribution >= 4 is 0 Å². The third-order valence-corrected chi connectivity index (χ3v) is 3.77. The van der Waals surface area contributed by atoms with E-state index in [9.17, 15) is 5.11 Å². The third-order valence-electron chi connectivity index (χ3n) is 3.77. The van der Waals surface area contributed by atoms with Gasteiger partial charge < -0.3 is 15.2 Å². The molecule has 19 heavy (non-hydrogen) atoms. The second kappa shape index (κ2) is 5.23. The Bertz CT molecular complexity index is 414. The van der Waals surface area contributed by atoms with Crippen LogP contribution < -0.4 is 5.32 Å². The van der Waals surface area contributed by atoms with Crippen LogP contribution in [0.2, 0.25) is 0 Å². The van der Waals surface area contributed by atoms with Crippen LogP contribution in [0.3, 0.4) is 0 Å². The van der Waals surface area contributed by atoms with Crippen molar-refractivity contribution < 1.29 is 9.84 Å². The molecule has 3 nitrogen and oxygen atoms in total. The van der Waals surface area contributed by atoms with Gasteiger partial charge in [0.05, 0.1) is 18.8 Å². The molecule has 2 atom stereocenters. The van der Waals surface area contributed by atoms with E-state index in [1.54, 1.807) is 0 Å². The molecular formula is C16H25NO2. The average molecular weight is 263 g/mol. The van der Waals surface area contributed by atoms with E-state index in [-0.39, 0.29) is 17.2 Å². The van der Waals surface area contributed by atoms with Crippen LogP contribution in [0.4, 0.5) is 0 Å². The molecule has 0 saturated carbocycles. The van der Waals surface area contributed by atoms with Gasteiger partial charge in [-0.15, -0.1) is 0 Å². The van der Waals surface area contributed by atoms with Crippen LogP contribution in [0.15, 0.2) is 30.3 Å². The van der Waals surface area contributed by atoms with Gasteiger partial charge in [0.1, 0.15) is 0 Å². The molecule has 1 aliphatic heterocycles. The highest BCUT2D eigenvalue weighted by atomic mass is 16.5. The molecule has 0 spiro atoms. The molecular weight excluding hydrogens is 238 g/mol. The first-order valence-electron chi connectivity index (χ1n) is 6.93. The van der Waals surface area contributed by atoms with Gasteiger partial charge in [0, 0.05) is 11.1 Å². The first kappa shape index (κ1) is 14.5. The van der Waals surface area contributed by atoms with Gasteiger partial charge in [-0.05, 0) is 39.7 Å². The van der Waals surface area contributed by atoms with Gasteiger partial charge in [-0.25, -0.2) is 0 Å². The second-order valence-corrected chi connectivity index (χ2v) is 6.71. The topological polar surface area (TPSA) is 41.5 Å². The third kappa shape index (κ3) is 3.56. The van der Waals surface area contributed by atoms with Crippen LogP contribution in [-0.2, 0) is 11.3 Å². The van der Waals surface area contributed by atoms with Crippen molar-refractivity contribution in [2.75, 3.05) is 0 Å². The first-order valence-corrected chi connectivity index (χ1v) is 6.93. The van der Waals surface area contributed by atoms with E-state index in [0.717, 1.165) is 12.0 Å². The molecule has 1 aromatic carbocycles. The van der Waals surface area contributed by atoms with E-state index in [2.05, 4.69) is 19.2 Å².